The fraction of sp³-hybridized carbons (Fsp3) is 0.667. The highest BCUT2D eigenvalue weighted by Gasteiger charge is 2.39. The van der Waals surface area contributed by atoms with Crippen molar-refractivity contribution >= 4 is 11.7 Å². The molecule has 10 heteroatoms. The largest absolute Gasteiger partial charge is 0.444 e. The maximum absolute atomic E-state index is 13.7. The Kier molecular flexibility index (Phi) is 7.10. The van der Waals surface area contributed by atoms with E-state index in [1.807, 2.05) is 6.07 Å². The lowest BCUT2D eigenvalue weighted by atomic mass is 9.81. The molecule has 1 saturated carbocycles. The molecule has 1 amide bonds. The second-order valence-corrected chi connectivity index (χ2v) is 9.12. The minimum absolute atomic E-state index is 0.164. The lowest BCUT2D eigenvalue weighted by molar-refractivity contribution is -0.0500. The molecule has 31 heavy (non-hydrogen) atoms. The molecular formula is C21H32F2N6O2. The van der Waals surface area contributed by atoms with E-state index in [-0.39, 0.29) is 18.8 Å². The zero-order valence-corrected chi connectivity index (χ0v) is 18.3. The van der Waals surface area contributed by atoms with Gasteiger partial charge < -0.3 is 21.1 Å². The molecular weight excluding hydrogens is 406 g/mol. The topological polar surface area (TPSA) is 107 Å². The molecule has 1 fully saturated rings. The number of carbonyl (C=O) groups excluding carboxylic acids is 1. The van der Waals surface area contributed by atoms with Gasteiger partial charge in [0.25, 0.3) is 0 Å². The second-order valence-electron chi connectivity index (χ2n) is 9.12. The van der Waals surface area contributed by atoms with E-state index in [2.05, 4.69) is 20.7 Å². The summed E-state index contributed by atoms with van der Waals surface area (Å²) in [4.78, 5) is 17.1. The van der Waals surface area contributed by atoms with Gasteiger partial charge in [0, 0.05) is 32.5 Å². The number of alkyl halides is 2. The van der Waals surface area contributed by atoms with Crippen LogP contribution in [0.25, 0.3) is 5.65 Å². The maximum atomic E-state index is 13.7. The van der Waals surface area contributed by atoms with Crippen molar-refractivity contribution in [1.82, 2.24) is 25.2 Å². The third-order valence-corrected chi connectivity index (χ3v) is 5.27. The number of nitrogens with one attached hydrogen (secondary N) is 2. The highest BCUT2D eigenvalue weighted by atomic mass is 19.3. The Morgan fingerprint density at radius 1 is 1.39 bits per heavy atom. The molecule has 0 aromatic carbocycles. The van der Waals surface area contributed by atoms with Crippen molar-refractivity contribution in [3.63, 3.8) is 0 Å². The Morgan fingerprint density at radius 2 is 2.10 bits per heavy atom. The smallest absolute Gasteiger partial charge is 0.408 e. The highest BCUT2D eigenvalue weighted by Crippen LogP contribution is 2.41. The molecule has 3 rings (SSSR count). The first kappa shape index (κ1) is 23.3. The number of nitrogens with two attached hydrogens (primary N) is 1. The number of ether oxygens (including phenoxy) is 1. The van der Waals surface area contributed by atoms with Crippen LogP contribution in [0.1, 0.15) is 63.8 Å². The summed E-state index contributed by atoms with van der Waals surface area (Å²) in [5, 5.41) is 10.5. The predicted octanol–water partition coefficient (Wildman–Crippen LogP) is 3.17. The lowest BCUT2D eigenvalue weighted by Gasteiger charge is -2.33. The fourth-order valence-corrected chi connectivity index (χ4v) is 3.78. The molecule has 4 N–H and O–H groups in total. The van der Waals surface area contributed by atoms with Crippen molar-refractivity contribution in [3.05, 3.63) is 29.7 Å². The van der Waals surface area contributed by atoms with Gasteiger partial charge in [0.1, 0.15) is 5.60 Å². The monoisotopic (exact) mass is 438 g/mol. The summed E-state index contributed by atoms with van der Waals surface area (Å²) in [5.74, 6) is -2.82. The Hall–Kier alpha value is -2.33. The summed E-state index contributed by atoms with van der Waals surface area (Å²) in [6.07, 6.45) is 3.07. The van der Waals surface area contributed by atoms with Crippen LogP contribution in [0.15, 0.2) is 18.5 Å². The van der Waals surface area contributed by atoms with Crippen LogP contribution in [0.4, 0.5) is 13.6 Å². The van der Waals surface area contributed by atoms with E-state index in [0.717, 1.165) is 5.56 Å². The number of halogens is 2. The van der Waals surface area contributed by atoms with Gasteiger partial charge in [-0.1, -0.05) is 0 Å². The standard InChI is InChI=1S/C21H32F2N6O2/c1-20(2,3)31-19(30)28-18(15-4-6-21(22,23)7-5-15)16-13-29-17(27-16)10-14(12-26-29)11-25-9-8-24/h10,12-13,15,18,25H,4-9,11,24H2,1-3H3,(H,28,30)/t18-/m0/s1. The SMILES string of the molecule is CC(C)(C)OC(=O)N[C@H](c1cn2ncc(CNCCN)cc2n1)C1CCC(F)(F)CC1. The van der Waals surface area contributed by atoms with Crippen molar-refractivity contribution in [2.75, 3.05) is 13.1 Å². The molecule has 0 aliphatic heterocycles. The number of aromatic nitrogens is 3. The van der Waals surface area contributed by atoms with Crippen LogP contribution in [0.3, 0.4) is 0 Å². The zero-order chi connectivity index (χ0) is 22.6. The van der Waals surface area contributed by atoms with Gasteiger partial charge in [-0.3, -0.25) is 0 Å². The molecule has 0 bridgehead atoms. The summed E-state index contributed by atoms with van der Waals surface area (Å²) < 4.78 is 34.5. The average molecular weight is 439 g/mol. The Balaban J connectivity index is 1.83. The number of imidazole rings is 1. The van der Waals surface area contributed by atoms with E-state index in [1.165, 1.54) is 0 Å². The summed E-state index contributed by atoms with van der Waals surface area (Å²) in [6.45, 7) is 7.17. The summed E-state index contributed by atoms with van der Waals surface area (Å²) in [6, 6.07) is 1.37. The van der Waals surface area contributed by atoms with Crippen LogP contribution in [0.5, 0.6) is 0 Å². The molecule has 8 nitrogen and oxygen atoms in total. The van der Waals surface area contributed by atoms with E-state index in [9.17, 15) is 13.6 Å². The van der Waals surface area contributed by atoms with Crippen LogP contribution in [-0.2, 0) is 11.3 Å². The minimum Gasteiger partial charge on any atom is -0.444 e. The Morgan fingerprint density at radius 3 is 2.74 bits per heavy atom. The molecule has 2 heterocycles. The van der Waals surface area contributed by atoms with Gasteiger partial charge in [0.15, 0.2) is 5.65 Å². The summed E-state index contributed by atoms with van der Waals surface area (Å²) in [7, 11) is 0. The first-order valence-electron chi connectivity index (χ1n) is 10.7. The van der Waals surface area contributed by atoms with E-state index in [4.69, 9.17) is 10.5 Å². The number of hydrogen-bond donors (Lipinski definition) is 3. The molecule has 1 aliphatic rings. The third kappa shape index (κ3) is 6.57. The molecule has 0 radical (unpaired) electrons. The van der Waals surface area contributed by atoms with E-state index in [1.54, 1.807) is 37.7 Å². The number of carbonyl (C=O) groups is 1. The quantitative estimate of drug-likeness (QED) is 0.574. The van der Waals surface area contributed by atoms with Gasteiger partial charge in [-0.25, -0.2) is 23.1 Å². The van der Waals surface area contributed by atoms with Crippen molar-refractivity contribution in [3.8, 4) is 0 Å². The van der Waals surface area contributed by atoms with Gasteiger partial charge >= 0.3 is 6.09 Å². The summed E-state index contributed by atoms with van der Waals surface area (Å²) >= 11 is 0. The lowest BCUT2D eigenvalue weighted by Crippen LogP contribution is -2.40. The predicted molar refractivity (Wildman–Crippen MR) is 113 cm³/mol. The van der Waals surface area contributed by atoms with Crippen LogP contribution in [0.2, 0.25) is 0 Å². The van der Waals surface area contributed by atoms with E-state index < -0.39 is 23.7 Å². The molecule has 172 valence electrons. The first-order chi connectivity index (χ1) is 14.6. The second kappa shape index (κ2) is 9.44. The van der Waals surface area contributed by atoms with E-state index in [0.29, 0.717) is 43.8 Å². The summed E-state index contributed by atoms with van der Waals surface area (Å²) in [5.41, 5.74) is 6.99. The Labute approximate surface area is 180 Å². The number of fused-ring (bicyclic) bond motifs is 1. The van der Waals surface area contributed by atoms with Crippen molar-refractivity contribution in [1.29, 1.82) is 0 Å². The van der Waals surface area contributed by atoms with Crippen molar-refractivity contribution < 1.29 is 18.3 Å². The normalized spacial score (nSPS) is 18.1. The van der Waals surface area contributed by atoms with Gasteiger partial charge in [-0.15, -0.1) is 0 Å². The number of alkyl carbamates (subject to hydrolysis) is 1. The third-order valence-electron chi connectivity index (χ3n) is 5.27. The molecule has 1 aliphatic carbocycles. The molecule has 2 aromatic rings. The van der Waals surface area contributed by atoms with Gasteiger partial charge in [-0.2, -0.15) is 5.10 Å². The fourth-order valence-electron chi connectivity index (χ4n) is 3.78. The van der Waals surface area contributed by atoms with Gasteiger partial charge in [0.2, 0.25) is 5.92 Å². The van der Waals surface area contributed by atoms with Crippen LogP contribution in [-0.4, -0.2) is 45.3 Å². The number of hydrogen-bond acceptors (Lipinski definition) is 6. The van der Waals surface area contributed by atoms with E-state index >= 15 is 0 Å². The zero-order valence-electron chi connectivity index (χ0n) is 18.3. The number of rotatable bonds is 7. The van der Waals surface area contributed by atoms with Gasteiger partial charge in [0.05, 0.1) is 24.1 Å². The van der Waals surface area contributed by atoms with Crippen LogP contribution >= 0.6 is 0 Å². The average Bonchev–Trinajstić information content (AvgIpc) is 3.08. The van der Waals surface area contributed by atoms with Crippen LogP contribution in [0, 0.1) is 5.92 Å². The number of amides is 1. The minimum atomic E-state index is -2.65. The molecule has 0 spiro atoms. The molecule has 0 saturated heterocycles. The van der Waals surface area contributed by atoms with Crippen molar-refractivity contribution in [2.24, 2.45) is 11.7 Å². The van der Waals surface area contributed by atoms with Crippen LogP contribution < -0.4 is 16.4 Å². The Bertz CT molecular complexity index is 886. The highest BCUT2D eigenvalue weighted by molar-refractivity contribution is 5.68. The molecule has 2 aromatic heterocycles. The maximum Gasteiger partial charge on any atom is 0.408 e. The number of nitrogens with zero attached hydrogens (tertiary/aromatic N) is 3. The first-order valence-corrected chi connectivity index (χ1v) is 10.7. The molecule has 0 unspecified atom stereocenters. The molecule has 1 atom stereocenters. The van der Waals surface area contributed by atoms with Gasteiger partial charge in [-0.05, 0) is 51.2 Å². The van der Waals surface area contributed by atoms with Crippen molar-refractivity contribution in [2.45, 2.75) is 70.6 Å².